The van der Waals surface area contributed by atoms with Gasteiger partial charge in [-0.1, -0.05) is 5.16 Å². The van der Waals surface area contributed by atoms with E-state index in [4.69, 9.17) is 4.52 Å². The van der Waals surface area contributed by atoms with Gasteiger partial charge in [0.2, 0.25) is 0 Å². The highest BCUT2D eigenvalue weighted by Gasteiger charge is 2.32. The zero-order valence-corrected chi connectivity index (χ0v) is 16.3. The summed E-state index contributed by atoms with van der Waals surface area (Å²) >= 11 is 0. The molecule has 2 fully saturated rings. The zero-order valence-electron chi connectivity index (χ0n) is 16.3. The number of aryl methyl sites for hydroxylation is 1. The van der Waals surface area contributed by atoms with E-state index in [1.54, 1.807) is 18.2 Å². The van der Waals surface area contributed by atoms with Gasteiger partial charge in [0, 0.05) is 18.7 Å². The first-order valence-electron chi connectivity index (χ1n) is 10.1. The van der Waals surface area contributed by atoms with E-state index in [-0.39, 0.29) is 11.7 Å². The fourth-order valence-electron chi connectivity index (χ4n) is 4.62. The monoisotopic (exact) mass is 394 g/mol. The number of rotatable bonds is 2. The molecule has 1 aromatic carbocycles. The quantitative estimate of drug-likeness (QED) is 0.721. The van der Waals surface area contributed by atoms with E-state index >= 15 is 0 Å². The maximum Gasteiger partial charge on any atom is 0.259 e. The summed E-state index contributed by atoms with van der Waals surface area (Å²) in [7, 11) is 0. The van der Waals surface area contributed by atoms with Crippen LogP contribution in [0, 0.1) is 24.6 Å². The van der Waals surface area contributed by atoms with Crippen LogP contribution in [0.5, 0.6) is 0 Å². The average Bonchev–Trinajstić information content (AvgIpc) is 3.28. The normalized spacial score (nSPS) is 21.9. The SMILES string of the molecule is Cc1noc2nc(-c3ccc(F)cc3)cc(C(=O)N3CC[C@@H]4CNC[C@@H]4CC3)c12. The van der Waals surface area contributed by atoms with E-state index in [2.05, 4.69) is 15.5 Å². The molecule has 0 spiro atoms. The summed E-state index contributed by atoms with van der Waals surface area (Å²) in [5.74, 6) is 0.973. The summed E-state index contributed by atoms with van der Waals surface area (Å²) in [6.07, 6.45) is 2.04. The van der Waals surface area contributed by atoms with Crippen LogP contribution in [0.25, 0.3) is 22.4 Å². The van der Waals surface area contributed by atoms with E-state index in [0.717, 1.165) is 44.6 Å². The largest absolute Gasteiger partial charge is 0.339 e. The van der Waals surface area contributed by atoms with Gasteiger partial charge in [0.1, 0.15) is 5.82 Å². The molecule has 0 bridgehead atoms. The van der Waals surface area contributed by atoms with Gasteiger partial charge in [-0.2, -0.15) is 0 Å². The molecule has 0 aliphatic carbocycles. The first-order valence-corrected chi connectivity index (χ1v) is 10.1. The molecule has 1 amide bonds. The van der Waals surface area contributed by atoms with Crippen LogP contribution in [-0.4, -0.2) is 47.1 Å². The molecule has 5 rings (SSSR count). The van der Waals surface area contributed by atoms with Gasteiger partial charge in [-0.3, -0.25) is 4.79 Å². The van der Waals surface area contributed by atoms with Crippen LogP contribution in [0.15, 0.2) is 34.9 Å². The first kappa shape index (κ1) is 18.2. The van der Waals surface area contributed by atoms with Crippen LogP contribution in [0.1, 0.15) is 28.9 Å². The smallest absolute Gasteiger partial charge is 0.259 e. The number of likely N-dealkylation sites (tertiary alicyclic amines) is 1. The molecule has 2 aromatic heterocycles. The lowest BCUT2D eigenvalue weighted by Crippen LogP contribution is -2.33. The summed E-state index contributed by atoms with van der Waals surface area (Å²) in [5.41, 5.74) is 2.85. The number of halogens is 1. The number of pyridine rings is 1. The van der Waals surface area contributed by atoms with Crippen LogP contribution in [0.3, 0.4) is 0 Å². The van der Waals surface area contributed by atoms with Crippen LogP contribution >= 0.6 is 0 Å². The number of nitrogens with one attached hydrogen (secondary N) is 1. The number of hydrogen-bond acceptors (Lipinski definition) is 5. The summed E-state index contributed by atoms with van der Waals surface area (Å²) in [5, 5.41) is 8.15. The second kappa shape index (κ2) is 7.22. The number of benzene rings is 1. The standard InChI is InChI=1S/C22H23FN4O2/c1-13-20-18(22(28)27-8-6-15-11-24-12-16(15)7-9-27)10-19(25-21(20)29-26-13)14-2-4-17(23)5-3-14/h2-5,10,15-16,24H,6-9,11-12H2,1H3/t15-,16+. The van der Waals surface area contributed by atoms with Gasteiger partial charge in [0.25, 0.3) is 11.6 Å². The summed E-state index contributed by atoms with van der Waals surface area (Å²) < 4.78 is 18.7. The van der Waals surface area contributed by atoms with Crippen LogP contribution in [-0.2, 0) is 0 Å². The molecule has 2 aliphatic rings. The van der Waals surface area contributed by atoms with Crippen LogP contribution in [0.2, 0.25) is 0 Å². The average molecular weight is 394 g/mol. The Morgan fingerprint density at radius 3 is 2.55 bits per heavy atom. The number of aromatic nitrogens is 2. The Morgan fingerprint density at radius 2 is 1.86 bits per heavy atom. The third kappa shape index (κ3) is 3.29. The third-order valence-corrected chi connectivity index (χ3v) is 6.29. The molecule has 29 heavy (non-hydrogen) atoms. The molecule has 2 aliphatic heterocycles. The minimum absolute atomic E-state index is 0.0139. The topological polar surface area (TPSA) is 71.3 Å². The van der Waals surface area contributed by atoms with Gasteiger partial charge in [-0.25, -0.2) is 9.37 Å². The molecule has 7 heteroatoms. The minimum Gasteiger partial charge on any atom is -0.339 e. The number of carbonyl (C=O) groups excluding carboxylic acids is 1. The van der Waals surface area contributed by atoms with E-state index in [0.29, 0.717) is 39.9 Å². The maximum absolute atomic E-state index is 13.5. The second-order valence-electron chi connectivity index (χ2n) is 8.06. The summed E-state index contributed by atoms with van der Waals surface area (Å²) in [6, 6.07) is 7.86. The first-order chi connectivity index (χ1) is 14.1. The van der Waals surface area contributed by atoms with Crippen molar-refractivity contribution in [1.82, 2.24) is 20.4 Å². The molecule has 0 saturated carbocycles. The molecule has 1 N–H and O–H groups in total. The van der Waals surface area contributed by atoms with E-state index < -0.39 is 0 Å². The van der Waals surface area contributed by atoms with Gasteiger partial charge >= 0.3 is 0 Å². The lowest BCUT2D eigenvalue weighted by Gasteiger charge is -2.21. The highest BCUT2D eigenvalue weighted by molar-refractivity contribution is 6.07. The lowest BCUT2D eigenvalue weighted by molar-refractivity contribution is 0.0760. The minimum atomic E-state index is -0.314. The van der Waals surface area contributed by atoms with Gasteiger partial charge in [-0.15, -0.1) is 0 Å². The molecule has 0 unspecified atom stereocenters. The molecule has 150 valence electrons. The molecular formula is C22H23FN4O2. The summed E-state index contributed by atoms with van der Waals surface area (Å²) in [4.78, 5) is 20.0. The molecule has 2 atom stereocenters. The molecule has 4 heterocycles. The van der Waals surface area contributed by atoms with Crippen molar-refractivity contribution in [3.63, 3.8) is 0 Å². The van der Waals surface area contributed by atoms with Crippen molar-refractivity contribution in [2.24, 2.45) is 11.8 Å². The molecule has 2 saturated heterocycles. The van der Waals surface area contributed by atoms with E-state index in [1.165, 1.54) is 12.1 Å². The van der Waals surface area contributed by atoms with Gasteiger partial charge in [0.15, 0.2) is 0 Å². The number of amides is 1. The Balaban J connectivity index is 1.53. The number of fused-ring (bicyclic) bond motifs is 2. The molecule has 6 nitrogen and oxygen atoms in total. The molecular weight excluding hydrogens is 371 g/mol. The predicted octanol–water partition coefficient (Wildman–Crippen LogP) is 3.41. The van der Waals surface area contributed by atoms with E-state index in [9.17, 15) is 9.18 Å². The zero-order chi connectivity index (χ0) is 20.0. The fraction of sp³-hybridized carbons (Fsp3) is 0.409. The fourth-order valence-corrected chi connectivity index (χ4v) is 4.62. The molecule has 0 radical (unpaired) electrons. The van der Waals surface area contributed by atoms with Gasteiger partial charge in [0.05, 0.1) is 22.3 Å². The number of carbonyl (C=O) groups is 1. The van der Waals surface area contributed by atoms with Crippen molar-refractivity contribution in [3.05, 3.63) is 47.4 Å². The van der Waals surface area contributed by atoms with Crippen LogP contribution in [0.4, 0.5) is 4.39 Å². The predicted molar refractivity (Wildman–Crippen MR) is 107 cm³/mol. The summed E-state index contributed by atoms with van der Waals surface area (Å²) in [6.45, 7) is 5.42. The highest BCUT2D eigenvalue weighted by Crippen LogP contribution is 2.31. The van der Waals surface area contributed by atoms with Crippen molar-refractivity contribution in [2.75, 3.05) is 26.2 Å². The Bertz CT molecular complexity index is 1050. The van der Waals surface area contributed by atoms with Gasteiger partial charge < -0.3 is 14.7 Å². The lowest BCUT2D eigenvalue weighted by atomic mass is 9.92. The Hall–Kier alpha value is -2.80. The van der Waals surface area contributed by atoms with Crippen molar-refractivity contribution < 1.29 is 13.7 Å². The van der Waals surface area contributed by atoms with Crippen molar-refractivity contribution in [2.45, 2.75) is 19.8 Å². The van der Waals surface area contributed by atoms with Gasteiger partial charge in [-0.05, 0) is 75.0 Å². The van der Waals surface area contributed by atoms with Crippen molar-refractivity contribution in [3.8, 4) is 11.3 Å². The van der Waals surface area contributed by atoms with Crippen molar-refractivity contribution >= 4 is 17.0 Å². The number of nitrogens with zero attached hydrogens (tertiary/aromatic N) is 3. The Morgan fingerprint density at radius 1 is 1.17 bits per heavy atom. The molecule has 3 aromatic rings. The Kier molecular flexibility index (Phi) is 4.54. The van der Waals surface area contributed by atoms with Crippen molar-refractivity contribution in [1.29, 1.82) is 0 Å². The second-order valence-corrected chi connectivity index (χ2v) is 8.06. The highest BCUT2D eigenvalue weighted by atomic mass is 19.1. The number of hydrogen-bond donors (Lipinski definition) is 1. The van der Waals surface area contributed by atoms with E-state index in [1.807, 2.05) is 11.8 Å². The third-order valence-electron chi connectivity index (χ3n) is 6.29. The maximum atomic E-state index is 13.5. The Labute approximate surface area is 168 Å². The van der Waals surface area contributed by atoms with Crippen LogP contribution < -0.4 is 5.32 Å².